The van der Waals surface area contributed by atoms with Crippen LogP contribution in [0.15, 0.2) is 24.3 Å². The van der Waals surface area contributed by atoms with Crippen LogP contribution >= 0.6 is 0 Å². The van der Waals surface area contributed by atoms with E-state index in [-0.39, 0.29) is 11.4 Å². The number of carbonyl (C=O) groups excluding carboxylic acids is 2. The molecule has 2 amide bonds. The molecule has 0 saturated heterocycles. The molecule has 0 aromatic heterocycles. The first-order chi connectivity index (χ1) is 8.69. The molecule has 1 rings (SSSR count). The lowest BCUT2D eigenvalue weighted by Gasteiger charge is -2.24. The topological polar surface area (TPSA) is 84.2 Å². The first-order valence-corrected chi connectivity index (χ1v) is 6.17. The Labute approximate surface area is 113 Å². The highest BCUT2D eigenvalue weighted by molar-refractivity contribution is 5.94. The Morgan fingerprint density at radius 3 is 2.42 bits per heavy atom. The largest absolute Gasteiger partial charge is 0.374 e. The van der Waals surface area contributed by atoms with Crippen LogP contribution in [0.4, 0.5) is 5.69 Å². The molecule has 1 unspecified atom stereocenters. The number of anilines is 1. The predicted octanol–water partition coefficient (Wildman–Crippen LogP) is 1.50. The van der Waals surface area contributed by atoms with Crippen molar-refractivity contribution in [1.29, 1.82) is 0 Å². The summed E-state index contributed by atoms with van der Waals surface area (Å²) in [5.41, 5.74) is 6.03. The van der Waals surface area contributed by atoms with E-state index in [1.54, 1.807) is 31.2 Å². The molecule has 0 saturated carbocycles. The van der Waals surface area contributed by atoms with E-state index in [1.807, 2.05) is 20.8 Å². The Kier molecular flexibility index (Phi) is 4.53. The number of benzene rings is 1. The van der Waals surface area contributed by atoms with Gasteiger partial charge in [-0.1, -0.05) is 6.07 Å². The third kappa shape index (κ3) is 4.99. The molecule has 0 bridgehead atoms. The highest BCUT2D eigenvalue weighted by Gasteiger charge is 2.19. The van der Waals surface area contributed by atoms with E-state index < -0.39 is 11.9 Å². The van der Waals surface area contributed by atoms with Crippen molar-refractivity contribution in [2.45, 2.75) is 39.3 Å². The number of primary amides is 1. The van der Waals surface area contributed by atoms with Crippen molar-refractivity contribution in [1.82, 2.24) is 5.32 Å². The maximum atomic E-state index is 11.9. The number of nitrogens with two attached hydrogens (primary N) is 1. The maximum Gasteiger partial charge on any atom is 0.248 e. The molecule has 0 aliphatic heterocycles. The lowest BCUT2D eigenvalue weighted by Crippen LogP contribution is -2.47. The molecule has 4 N–H and O–H groups in total. The first kappa shape index (κ1) is 15.0. The molecule has 0 radical (unpaired) electrons. The van der Waals surface area contributed by atoms with Gasteiger partial charge < -0.3 is 16.4 Å². The molecule has 5 heteroatoms. The fourth-order valence-electron chi connectivity index (χ4n) is 1.56. The van der Waals surface area contributed by atoms with Gasteiger partial charge in [-0.15, -0.1) is 0 Å². The molecule has 19 heavy (non-hydrogen) atoms. The zero-order valence-electron chi connectivity index (χ0n) is 11.8. The Morgan fingerprint density at radius 1 is 1.26 bits per heavy atom. The van der Waals surface area contributed by atoms with E-state index >= 15 is 0 Å². The highest BCUT2D eigenvalue weighted by atomic mass is 16.2. The second-order valence-corrected chi connectivity index (χ2v) is 5.55. The van der Waals surface area contributed by atoms with Gasteiger partial charge in [-0.2, -0.15) is 0 Å². The summed E-state index contributed by atoms with van der Waals surface area (Å²) < 4.78 is 0. The zero-order chi connectivity index (χ0) is 14.6. The van der Waals surface area contributed by atoms with Crippen molar-refractivity contribution in [2.75, 3.05) is 5.32 Å². The molecule has 0 heterocycles. The van der Waals surface area contributed by atoms with Gasteiger partial charge in [0.15, 0.2) is 0 Å². The Bertz CT molecular complexity index is 478. The van der Waals surface area contributed by atoms with Gasteiger partial charge in [0.05, 0.1) is 0 Å². The van der Waals surface area contributed by atoms with Gasteiger partial charge in [0, 0.05) is 16.8 Å². The van der Waals surface area contributed by atoms with Gasteiger partial charge in [-0.25, -0.2) is 0 Å². The van der Waals surface area contributed by atoms with E-state index in [0.717, 1.165) is 0 Å². The van der Waals surface area contributed by atoms with Crippen LogP contribution in [-0.2, 0) is 4.79 Å². The third-order valence-electron chi connectivity index (χ3n) is 2.42. The van der Waals surface area contributed by atoms with E-state index in [0.29, 0.717) is 11.3 Å². The van der Waals surface area contributed by atoms with E-state index in [1.165, 1.54) is 0 Å². The fourth-order valence-corrected chi connectivity index (χ4v) is 1.56. The molecule has 0 aliphatic rings. The van der Waals surface area contributed by atoms with E-state index in [2.05, 4.69) is 10.6 Å². The van der Waals surface area contributed by atoms with Gasteiger partial charge in [0.25, 0.3) is 0 Å². The molecule has 0 aliphatic carbocycles. The average Bonchev–Trinajstić information content (AvgIpc) is 2.27. The second-order valence-electron chi connectivity index (χ2n) is 5.55. The summed E-state index contributed by atoms with van der Waals surface area (Å²) in [4.78, 5) is 23.0. The van der Waals surface area contributed by atoms with Gasteiger partial charge >= 0.3 is 0 Å². The predicted molar refractivity (Wildman–Crippen MR) is 75.9 cm³/mol. The molecule has 0 spiro atoms. The van der Waals surface area contributed by atoms with Crippen molar-refractivity contribution >= 4 is 17.5 Å². The van der Waals surface area contributed by atoms with Crippen molar-refractivity contribution in [2.24, 2.45) is 5.73 Å². The molecule has 1 aromatic carbocycles. The van der Waals surface area contributed by atoms with Crippen LogP contribution in [0.5, 0.6) is 0 Å². The fraction of sp³-hybridized carbons (Fsp3) is 0.429. The average molecular weight is 263 g/mol. The van der Waals surface area contributed by atoms with Gasteiger partial charge in [0.2, 0.25) is 11.8 Å². The van der Waals surface area contributed by atoms with E-state index in [4.69, 9.17) is 5.73 Å². The molecule has 1 atom stereocenters. The van der Waals surface area contributed by atoms with Crippen molar-refractivity contribution in [3.05, 3.63) is 29.8 Å². The Hall–Kier alpha value is -2.04. The minimum absolute atomic E-state index is 0.100. The van der Waals surface area contributed by atoms with Crippen LogP contribution in [0, 0.1) is 0 Å². The van der Waals surface area contributed by atoms with Gasteiger partial charge in [-0.3, -0.25) is 9.59 Å². The number of amides is 2. The quantitative estimate of drug-likeness (QED) is 0.769. The smallest absolute Gasteiger partial charge is 0.248 e. The number of carbonyl (C=O) groups is 2. The molecule has 104 valence electrons. The lowest BCUT2D eigenvalue weighted by molar-refractivity contribution is -0.122. The van der Waals surface area contributed by atoms with Crippen LogP contribution in [0.25, 0.3) is 0 Å². The van der Waals surface area contributed by atoms with E-state index in [9.17, 15) is 9.59 Å². The van der Waals surface area contributed by atoms with Crippen molar-refractivity contribution < 1.29 is 9.59 Å². The summed E-state index contributed by atoms with van der Waals surface area (Å²) in [7, 11) is 0. The molecule has 5 nitrogen and oxygen atoms in total. The Morgan fingerprint density at radius 2 is 1.89 bits per heavy atom. The van der Waals surface area contributed by atoms with Gasteiger partial charge in [-0.05, 0) is 45.9 Å². The highest BCUT2D eigenvalue weighted by Crippen LogP contribution is 2.12. The monoisotopic (exact) mass is 263 g/mol. The molecule has 0 fully saturated rings. The first-order valence-electron chi connectivity index (χ1n) is 6.17. The third-order valence-corrected chi connectivity index (χ3v) is 2.42. The standard InChI is InChI=1S/C14H21N3O2/c1-9(13(19)17-14(2,3)4)16-11-7-5-6-10(8-11)12(15)18/h5-9,16H,1-4H3,(H2,15,18)(H,17,19). The summed E-state index contributed by atoms with van der Waals surface area (Å²) >= 11 is 0. The summed E-state index contributed by atoms with van der Waals surface area (Å²) in [6.07, 6.45) is 0. The van der Waals surface area contributed by atoms with Crippen LogP contribution in [-0.4, -0.2) is 23.4 Å². The maximum absolute atomic E-state index is 11.9. The van der Waals surface area contributed by atoms with Crippen LogP contribution in [0.1, 0.15) is 38.1 Å². The number of nitrogens with one attached hydrogen (secondary N) is 2. The van der Waals surface area contributed by atoms with Crippen molar-refractivity contribution in [3.63, 3.8) is 0 Å². The van der Waals surface area contributed by atoms with Crippen LogP contribution in [0.2, 0.25) is 0 Å². The minimum atomic E-state index is -0.490. The minimum Gasteiger partial charge on any atom is -0.374 e. The summed E-state index contributed by atoms with van der Waals surface area (Å²) in [5.74, 6) is -0.590. The summed E-state index contributed by atoms with van der Waals surface area (Å²) in [6, 6.07) is 6.36. The SMILES string of the molecule is CC(Nc1cccc(C(N)=O)c1)C(=O)NC(C)(C)C. The summed E-state index contributed by atoms with van der Waals surface area (Å²) in [5, 5.41) is 5.92. The molecular weight excluding hydrogens is 242 g/mol. The summed E-state index contributed by atoms with van der Waals surface area (Å²) in [6.45, 7) is 7.53. The van der Waals surface area contributed by atoms with Crippen molar-refractivity contribution in [3.8, 4) is 0 Å². The zero-order valence-corrected chi connectivity index (χ0v) is 11.8. The van der Waals surface area contributed by atoms with Crippen LogP contribution in [0.3, 0.4) is 0 Å². The molecular formula is C14H21N3O2. The number of rotatable bonds is 4. The normalized spacial score (nSPS) is 12.6. The molecule has 1 aromatic rings. The number of hydrogen-bond donors (Lipinski definition) is 3. The van der Waals surface area contributed by atoms with Crippen LogP contribution < -0.4 is 16.4 Å². The second kappa shape index (κ2) is 5.73. The number of hydrogen-bond acceptors (Lipinski definition) is 3. The van der Waals surface area contributed by atoms with Gasteiger partial charge in [0.1, 0.15) is 6.04 Å². The lowest BCUT2D eigenvalue weighted by atomic mass is 10.1. The Balaban J connectivity index is 2.71.